The number of nitrogens with one attached hydrogen (secondary N) is 1. The standard InChI is InChI=1S/C26H33NO2/c1-19(14-15-24-21(3)11-8-16-26(24,4)5)9-6-10-20(2)17-25(29)27-22-12-7-13-23(28)18-22/h6-7,9-10,12-15,17-18,28H,8,11,16H2,1-5H3,(H,27,29)/b10-6+,15-14+,19-9+,20-17+. The zero-order valence-electron chi connectivity index (χ0n) is 18.3. The van der Waals surface area contributed by atoms with Crippen LogP contribution >= 0.6 is 0 Å². The van der Waals surface area contributed by atoms with Gasteiger partial charge in [0, 0.05) is 17.8 Å². The van der Waals surface area contributed by atoms with Crippen LogP contribution in [0.2, 0.25) is 0 Å². The van der Waals surface area contributed by atoms with Gasteiger partial charge in [-0.05, 0) is 68.7 Å². The number of carbonyl (C=O) groups is 1. The Hall–Kier alpha value is -2.81. The van der Waals surface area contributed by atoms with Crippen LogP contribution in [0.15, 0.2) is 83.0 Å². The average Bonchev–Trinajstić information content (AvgIpc) is 2.60. The molecule has 0 bridgehead atoms. The van der Waals surface area contributed by atoms with E-state index in [1.54, 1.807) is 18.2 Å². The fourth-order valence-electron chi connectivity index (χ4n) is 3.65. The van der Waals surface area contributed by atoms with Crippen molar-refractivity contribution in [2.45, 2.75) is 53.9 Å². The summed E-state index contributed by atoms with van der Waals surface area (Å²) in [5.41, 5.74) is 5.79. The van der Waals surface area contributed by atoms with E-state index in [0.717, 1.165) is 5.57 Å². The first-order chi connectivity index (χ1) is 13.7. The molecule has 0 unspecified atom stereocenters. The zero-order chi connectivity index (χ0) is 21.4. The Morgan fingerprint density at radius 2 is 1.93 bits per heavy atom. The van der Waals surface area contributed by atoms with Crippen molar-refractivity contribution in [2.24, 2.45) is 5.41 Å². The number of amides is 1. The molecule has 0 radical (unpaired) electrons. The van der Waals surface area contributed by atoms with Crippen LogP contribution in [0.25, 0.3) is 0 Å². The number of anilines is 1. The van der Waals surface area contributed by atoms with E-state index in [1.165, 1.54) is 48.1 Å². The van der Waals surface area contributed by atoms with Gasteiger partial charge in [0.15, 0.2) is 0 Å². The van der Waals surface area contributed by atoms with E-state index >= 15 is 0 Å². The molecule has 3 nitrogen and oxygen atoms in total. The van der Waals surface area contributed by atoms with Gasteiger partial charge in [-0.25, -0.2) is 0 Å². The van der Waals surface area contributed by atoms with E-state index in [0.29, 0.717) is 5.69 Å². The topological polar surface area (TPSA) is 49.3 Å². The number of allylic oxidation sites excluding steroid dienone is 9. The molecule has 29 heavy (non-hydrogen) atoms. The first-order valence-corrected chi connectivity index (χ1v) is 10.2. The van der Waals surface area contributed by atoms with E-state index in [9.17, 15) is 9.90 Å². The summed E-state index contributed by atoms with van der Waals surface area (Å²) in [4.78, 5) is 12.1. The molecule has 1 aromatic rings. The van der Waals surface area contributed by atoms with Crippen LogP contribution in [0.3, 0.4) is 0 Å². The van der Waals surface area contributed by atoms with Crippen molar-refractivity contribution in [3.05, 3.63) is 83.0 Å². The Morgan fingerprint density at radius 1 is 1.17 bits per heavy atom. The maximum absolute atomic E-state index is 12.1. The van der Waals surface area contributed by atoms with Crippen LogP contribution in [0, 0.1) is 5.41 Å². The largest absolute Gasteiger partial charge is 0.508 e. The highest BCUT2D eigenvalue weighted by Crippen LogP contribution is 2.40. The number of aromatic hydroxyl groups is 1. The molecule has 3 heteroatoms. The summed E-state index contributed by atoms with van der Waals surface area (Å²) < 4.78 is 0. The van der Waals surface area contributed by atoms with Gasteiger partial charge in [-0.15, -0.1) is 0 Å². The third kappa shape index (κ3) is 7.26. The van der Waals surface area contributed by atoms with Gasteiger partial charge in [0.25, 0.3) is 0 Å². The molecule has 0 atom stereocenters. The molecule has 1 amide bonds. The molecule has 1 aliphatic rings. The molecular weight excluding hydrogens is 358 g/mol. The van der Waals surface area contributed by atoms with Crippen molar-refractivity contribution >= 4 is 11.6 Å². The third-order valence-electron chi connectivity index (χ3n) is 5.25. The summed E-state index contributed by atoms with van der Waals surface area (Å²) in [6.45, 7) is 10.9. The van der Waals surface area contributed by atoms with Gasteiger partial charge in [0.2, 0.25) is 5.91 Å². The lowest BCUT2D eigenvalue weighted by Crippen LogP contribution is -2.19. The van der Waals surface area contributed by atoms with E-state index < -0.39 is 0 Å². The second-order valence-corrected chi connectivity index (χ2v) is 8.46. The fraction of sp³-hybridized carbons (Fsp3) is 0.346. The Bertz CT molecular complexity index is 895. The van der Waals surface area contributed by atoms with Gasteiger partial charge in [0.05, 0.1) is 0 Å². The van der Waals surface area contributed by atoms with Gasteiger partial charge in [-0.2, -0.15) is 0 Å². The first kappa shape index (κ1) is 22.5. The van der Waals surface area contributed by atoms with Crippen LogP contribution in [-0.4, -0.2) is 11.0 Å². The maximum atomic E-state index is 12.1. The number of carbonyl (C=O) groups excluding carboxylic acids is 1. The summed E-state index contributed by atoms with van der Waals surface area (Å²) in [6, 6.07) is 6.50. The molecule has 154 valence electrons. The molecule has 2 rings (SSSR count). The molecule has 0 fully saturated rings. The monoisotopic (exact) mass is 391 g/mol. The molecule has 2 N–H and O–H groups in total. The Kier molecular flexibility index (Phi) is 7.83. The van der Waals surface area contributed by atoms with Crippen LogP contribution in [0.5, 0.6) is 5.75 Å². The fourth-order valence-corrected chi connectivity index (χ4v) is 3.65. The Labute approximate surface area is 175 Å². The molecule has 1 aliphatic carbocycles. The second kappa shape index (κ2) is 10.1. The average molecular weight is 392 g/mol. The smallest absolute Gasteiger partial charge is 0.248 e. The second-order valence-electron chi connectivity index (χ2n) is 8.46. The van der Waals surface area contributed by atoms with E-state index in [4.69, 9.17) is 0 Å². The number of phenolic OH excluding ortho intramolecular Hbond substituents is 1. The summed E-state index contributed by atoms with van der Waals surface area (Å²) in [6.07, 6.45) is 15.6. The number of hydrogen-bond donors (Lipinski definition) is 2. The number of benzene rings is 1. The predicted octanol–water partition coefficient (Wildman–Crippen LogP) is 6.86. The van der Waals surface area contributed by atoms with E-state index in [2.05, 4.69) is 45.2 Å². The molecule has 0 aliphatic heterocycles. The lowest BCUT2D eigenvalue weighted by Gasteiger charge is -2.32. The van der Waals surface area contributed by atoms with Gasteiger partial charge < -0.3 is 10.4 Å². The first-order valence-electron chi connectivity index (χ1n) is 10.2. The van der Waals surface area contributed by atoms with Crippen molar-refractivity contribution in [1.82, 2.24) is 0 Å². The normalized spacial score (nSPS) is 18.0. The highest BCUT2D eigenvalue weighted by molar-refractivity contribution is 6.00. The van der Waals surface area contributed by atoms with Crippen molar-refractivity contribution in [2.75, 3.05) is 5.32 Å². The summed E-state index contributed by atoms with van der Waals surface area (Å²) in [5.74, 6) is -0.0973. The van der Waals surface area contributed by atoms with Crippen LogP contribution in [0.4, 0.5) is 5.69 Å². The lowest BCUT2D eigenvalue weighted by atomic mass is 9.72. The number of hydrogen-bond acceptors (Lipinski definition) is 2. The lowest BCUT2D eigenvalue weighted by molar-refractivity contribution is -0.111. The summed E-state index contributed by atoms with van der Waals surface area (Å²) >= 11 is 0. The maximum Gasteiger partial charge on any atom is 0.248 e. The van der Waals surface area contributed by atoms with Gasteiger partial charge in [0.1, 0.15) is 5.75 Å². The summed E-state index contributed by atoms with van der Waals surface area (Å²) in [5, 5.41) is 12.2. The van der Waals surface area contributed by atoms with E-state index in [1.807, 2.05) is 25.2 Å². The van der Waals surface area contributed by atoms with Crippen molar-refractivity contribution in [3.8, 4) is 5.75 Å². The predicted molar refractivity (Wildman–Crippen MR) is 123 cm³/mol. The van der Waals surface area contributed by atoms with Gasteiger partial charge >= 0.3 is 0 Å². The molecule has 0 saturated heterocycles. The Balaban J connectivity index is 1.97. The SMILES string of the molecule is CC1=C(/C=C/C(C)=C/C=C/C(C)=C/C(=O)Nc2cccc(O)c2)C(C)(C)CCC1. The minimum absolute atomic E-state index is 0.125. The quantitative estimate of drug-likeness (QED) is 0.411. The van der Waals surface area contributed by atoms with Crippen LogP contribution in [-0.2, 0) is 4.79 Å². The minimum atomic E-state index is -0.222. The summed E-state index contributed by atoms with van der Waals surface area (Å²) in [7, 11) is 0. The molecular formula is C26H33NO2. The van der Waals surface area contributed by atoms with Crippen LogP contribution < -0.4 is 5.32 Å². The Morgan fingerprint density at radius 3 is 2.62 bits per heavy atom. The molecule has 0 saturated carbocycles. The molecule has 0 spiro atoms. The third-order valence-corrected chi connectivity index (χ3v) is 5.25. The highest BCUT2D eigenvalue weighted by atomic mass is 16.3. The highest BCUT2D eigenvalue weighted by Gasteiger charge is 2.26. The van der Waals surface area contributed by atoms with Crippen LogP contribution in [0.1, 0.15) is 53.9 Å². The van der Waals surface area contributed by atoms with Crippen molar-refractivity contribution < 1.29 is 9.90 Å². The molecule has 0 aromatic heterocycles. The zero-order valence-corrected chi connectivity index (χ0v) is 18.3. The van der Waals surface area contributed by atoms with E-state index in [-0.39, 0.29) is 17.1 Å². The number of rotatable bonds is 6. The number of phenols is 1. The minimum Gasteiger partial charge on any atom is -0.508 e. The molecule has 1 aromatic carbocycles. The van der Waals surface area contributed by atoms with Gasteiger partial charge in [-0.3, -0.25) is 4.79 Å². The molecule has 0 heterocycles. The van der Waals surface area contributed by atoms with Gasteiger partial charge in [-0.1, -0.05) is 61.4 Å². The van der Waals surface area contributed by atoms with Crippen molar-refractivity contribution in [3.63, 3.8) is 0 Å². The van der Waals surface area contributed by atoms with Crippen molar-refractivity contribution in [1.29, 1.82) is 0 Å².